The normalized spacial score (nSPS) is 11.1. The number of methoxy groups -OCH3 is 2. The number of fused-ring (bicyclic) bond motifs is 3. The molecule has 0 unspecified atom stereocenters. The lowest BCUT2D eigenvalue weighted by Gasteiger charge is -2.08. The zero-order chi connectivity index (χ0) is 16.7. The van der Waals surface area contributed by atoms with Crippen molar-refractivity contribution >= 4 is 16.7 Å². The van der Waals surface area contributed by atoms with E-state index in [2.05, 4.69) is 11.1 Å². The minimum absolute atomic E-state index is 0.728. The molecule has 0 atom stereocenters. The maximum atomic E-state index is 5.50. The van der Waals surface area contributed by atoms with Crippen molar-refractivity contribution in [3.63, 3.8) is 0 Å². The van der Waals surface area contributed by atoms with Crippen LogP contribution in [0.2, 0.25) is 0 Å². The first kappa shape index (κ1) is 14.5. The summed E-state index contributed by atoms with van der Waals surface area (Å²) in [5.74, 6) is 1.48. The molecule has 24 heavy (non-hydrogen) atoms. The van der Waals surface area contributed by atoms with Crippen LogP contribution in [0.1, 0.15) is 5.69 Å². The summed E-state index contributed by atoms with van der Waals surface area (Å²) in [6.45, 7) is 1.99. The van der Waals surface area contributed by atoms with Gasteiger partial charge in [-0.15, -0.1) is 0 Å². The van der Waals surface area contributed by atoms with Gasteiger partial charge >= 0.3 is 0 Å². The molecule has 0 radical (unpaired) electrons. The zero-order valence-electron chi connectivity index (χ0n) is 13.8. The van der Waals surface area contributed by atoms with Gasteiger partial charge in [-0.3, -0.25) is 4.40 Å². The van der Waals surface area contributed by atoms with E-state index in [-0.39, 0.29) is 0 Å². The molecule has 3 heterocycles. The second-order valence-electron chi connectivity index (χ2n) is 5.62. The van der Waals surface area contributed by atoms with Gasteiger partial charge in [0.05, 0.1) is 19.9 Å². The van der Waals surface area contributed by atoms with Crippen LogP contribution in [0.4, 0.5) is 0 Å². The minimum Gasteiger partial charge on any atom is -0.497 e. The molecule has 4 aromatic rings. The largest absolute Gasteiger partial charge is 0.497 e. The number of pyridine rings is 2. The maximum absolute atomic E-state index is 5.50. The van der Waals surface area contributed by atoms with E-state index in [9.17, 15) is 0 Å². The number of imidazole rings is 1. The molecular formula is C19H17N3O2. The van der Waals surface area contributed by atoms with E-state index >= 15 is 0 Å². The molecule has 0 aliphatic carbocycles. The first-order valence-corrected chi connectivity index (χ1v) is 7.67. The Hall–Kier alpha value is -3.08. The summed E-state index contributed by atoms with van der Waals surface area (Å²) in [4.78, 5) is 9.38. The van der Waals surface area contributed by atoms with E-state index in [0.29, 0.717) is 0 Å². The molecule has 0 fully saturated rings. The van der Waals surface area contributed by atoms with E-state index in [1.54, 1.807) is 14.2 Å². The summed E-state index contributed by atoms with van der Waals surface area (Å²) >= 11 is 0. The molecule has 5 heteroatoms. The summed E-state index contributed by atoms with van der Waals surface area (Å²) in [5.41, 5.74) is 4.49. The van der Waals surface area contributed by atoms with Gasteiger partial charge in [-0.25, -0.2) is 9.97 Å². The summed E-state index contributed by atoms with van der Waals surface area (Å²) in [6, 6.07) is 13.9. The summed E-state index contributed by atoms with van der Waals surface area (Å²) in [7, 11) is 3.29. The molecule has 1 aromatic carbocycles. The SMILES string of the molecule is COc1ccc(-c2cn3c(ccc4ccc(C)nc43)n2)c(OC)c1. The molecule has 0 aliphatic heterocycles. The van der Waals surface area contributed by atoms with Crippen molar-refractivity contribution in [3.8, 4) is 22.8 Å². The lowest BCUT2D eigenvalue weighted by Crippen LogP contribution is -1.91. The van der Waals surface area contributed by atoms with Crippen molar-refractivity contribution < 1.29 is 9.47 Å². The van der Waals surface area contributed by atoms with Crippen LogP contribution in [0.25, 0.3) is 27.9 Å². The number of ether oxygens (including phenoxy) is 2. The molecule has 0 N–H and O–H groups in total. The van der Waals surface area contributed by atoms with Gasteiger partial charge in [0.15, 0.2) is 0 Å². The van der Waals surface area contributed by atoms with E-state index in [4.69, 9.17) is 14.5 Å². The third-order valence-corrected chi connectivity index (χ3v) is 4.10. The smallest absolute Gasteiger partial charge is 0.145 e. The third-order valence-electron chi connectivity index (χ3n) is 4.10. The standard InChI is InChI=1S/C19H17N3O2/c1-12-4-5-13-6-9-18-21-16(11-22(18)19(13)20-12)15-8-7-14(23-2)10-17(15)24-3/h4-11H,1-3H3. The van der Waals surface area contributed by atoms with Gasteiger partial charge in [-0.1, -0.05) is 0 Å². The summed E-state index contributed by atoms with van der Waals surface area (Å²) in [5, 5.41) is 1.08. The molecule has 5 nitrogen and oxygen atoms in total. The second kappa shape index (κ2) is 5.53. The first-order chi connectivity index (χ1) is 11.7. The minimum atomic E-state index is 0.728. The van der Waals surface area contributed by atoms with Crippen LogP contribution in [-0.4, -0.2) is 28.6 Å². The molecule has 120 valence electrons. The van der Waals surface area contributed by atoms with Crippen LogP contribution < -0.4 is 9.47 Å². The Balaban J connectivity index is 1.95. The van der Waals surface area contributed by atoms with Crippen LogP contribution in [-0.2, 0) is 0 Å². The van der Waals surface area contributed by atoms with Crippen LogP contribution >= 0.6 is 0 Å². The molecule has 0 aliphatic rings. The Kier molecular flexibility index (Phi) is 3.34. The first-order valence-electron chi connectivity index (χ1n) is 7.67. The van der Waals surface area contributed by atoms with Gasteiger partial charge in [0.25, 0.3) is 0 Å². The number of aromatic nitrogens is 3. The maximum Gasteiger partial charge on any atom is 0.145 e. The lowest BCUT2D eigenvalue weighted by atomic mass is 10.1. The van der Waals surface area contributed by atoms with E-state index in [0.717, 1.165) is 45.1 Å². The zero-order valence-corrected chi connectivity index (χ0v) is 13.8. The predicted molar refractivity (Wildman–Crippen MR) is 93.8 cm³/mol. The molecule has 3 aromatic heterocycles. The highest BCUT2D eigenvalue weighted by atomic mass is 16.5. The molecule has 0 amide bonds. The molecule has 0 spiro atoms. The Morgan fingerprint density at radius 1 is 0.917 bits per heavy atom. The van der Waals surface area contributed by atoms with Crippen LogP contribution in [0.3, 0.4) is 0 Å². The van der Waals surface area contributed by atoms with Crippen molar-refractivity contribution in [2.75, 3.05) is 14.2 Å². The topological polar surface area (TPSA) is 48.7 Å². The number of aryl methyl sites for hydroxylation is 1. The van der Waals surface area contributed by atoms with E-state index < -0.39 is 0 Å². The fourth-order valence-electron chi connectivity index (χ4n) is 2.86. The average molecular weight is 319 g/mol. The second-order valence-corrected chi connectivity index (χ2v) is 5.62. The molecule has 4 rings (SSSR count). The van der Waals surface area contributed by atoms with E-state index in [1.807, 2.05) is 53.9 Å². The Morgan fingerprint density at radius 3 is 2.54 bits per heavy atom. The van der Waals surface area contributed by atoms with Gasteiger partial charge < -0.3 is 9.47 Å². The van der Waals surface area contributed by atoms with Crippen molar-refractivity contribution in [1.29, 1.82) is 0 Å². The Labute approximate surface area is 139 Å². The van der Waals surface area contributed by atoms with Crippen molar-refractivity contribution in [2.24, 2.45) is 0 Å². The van der Waals surface area contributed by atoms with Crippen molar-refractivity contribution in [1.82, 2.24) is 14.4 Å². The number of benzene rings is 1. The van der Waals surface area contributed by atoms with Crippen molar-refractivity contribution in [3.05, 3.63) is 54.4 Å². The van der Waals surface area contributed by atoms with Gasteiger partial charge in [-0.2, -0.15) is 0 Å². The van der Waals surface area contributed by atoms with Gasteiger partial charge in [0.2, 0.25) is 0 Å². The number of nitrogens with zero attached hydrogens (tertiary/aromatic N) is 3. The lowest BCUT2D eigenvalue weighted by molar-refractivity contribution is 0.395. The monoisotopic (exact) mass is 319 g/mol. The fourth-order valence-corrected chi connectivity index (χ4v) is 2.86. The highest BCUT2D eigenvalue weighted by Gasteiger charge is 2.13. The summed E-state index contributed by atoms with van der Waals surface area (Å²) in [6.07, 6.45) is 1.99. The van der Waals surface area contributed by atoms with Gasteiger partial charge in [-0.05, 0) is 43.3 Å². The van der Waals surface area contributed by atoms with Crippen molar-refractivity contribution in [2.45, 2.75) is 6.92 Å². The highest BCUT2D eigenvalue weighted by molar-refractivity contribution is 5.80. The molecule has 0 saturated carbocycles. The number of rotatable bonds is 3. The number of hydrogen-bond donors (Lipinski definition) is 0. The molecule has 0 bridgehead atoms. The molecule has 0 saturated heterocycles. The van der Waals surface area contributed by atoms with Crippen LogP contribution in [0.5, 0.6) is 11.5 Å². The van der Waals surface area contributed by atoms with Crippen LogP contribution in [0, 0.1) is 6.92 Å². The summed E-state index contributed by atoms with van der Waals surface area (Å²) < 4.78 is 12.8. The van der Waals surface area contributed by atoms with E-state index in [1.165, 1.54) is 0 Å². The predicted octanol–water partition coefficient (Wildman–Crippen LogP) is 3.88. The molecular weight excluding hydrogens is 302 g/mol. The Bertz CT molecular complexity index is 1050. The fraction of sp³-hybridized carbons (Fsp3) is 0.158. The van der Waals surface area contributed by atoms with Gasteiger partial charge in [0.1, 0.15) is 22.8 Å². The van der Waals surface area contributed by atoms with Gasteiger partial charge in [0, 0.05) is 28.9 Å². The highest BCUT2D eigenvalue weighted by Crippen LogP contribution is 2.33. The third kappa shape index (κ3) is 2.25. The Morgan fingerprint density at radius 2 is 1.75 bits per heavy atom. The van der Waals surface area contributed by atoms with Crippen LogP contribution in [0.15, 0.2) is 48.7 Å². The number of hydrogen-bond acceptors (Lipinski definition) is 4. The quantitative estimate of drug-likeness (QED) is 0.575. The average Bonchev–Trinajstić information content (AvgIpc) is 3.05.